The van der Waals surface area contributed by atoms with Crippen molar-refractivity contribution in [1.29, 1.82) is 0 Å². The van der Waals surface area contributed by atoms with Crippen LogP contribution >= 0.6 is 12.2 Å². The minimum absolute atomic E-state index is 0.0476. The van der Waals surface area contributed by atoms with Crippen molar-refractivity contribution in [2.75, 3.05) is 5.32 Å². The summed E-state index contributed by atoms with van der Waals surface area (Å²) >= 11 is 5.17. The lowest BCUT2D eigenvalue weighted by atomic mass is 10.1. The van der Waals surface area contributed by atoms with E-state index in [1.165, 1.54) is 12.3 Å². The fourth-order valence-corrected chi connectivity index (χ4v) is 2.15. The van der Waals surface area contributed by atoms with Crippen LogP contribution in [0.2, 0.25) is 0 Å². The van der Waals surface area contributed by atoms with Crippen LogP contribution in [0, 0.1) is 13.8 Å². The summed E-state index contributed by atoms with van der Waals surface area (Å²) in [5.41, 5.74) is 6.18. The normalized spacial score (nSPS) is 10.9. The Morgan fingerprint density at radius 1 is 1.17 bits per heavy atom. The van der Waals surface area contributed by atoms with E-state index < -0.39 is 6.61 Å². The quantitative estimate of drug-likeness (QED) is 0.482. The van der Waals surface area contributed by atoms with Crippen LogP contribution in [-0.2, 0) is 0 Å². The van der Waals surface area contributed by atoms with Gasteiger partial charge in [-0.15, -0.1) is 0 Å². The molecule has 0 unspecified atom stereocenters. The SMILES string of the molecule is Cc1cccc(NC(=S)NN=Cc2ccccc2OC(F)F)c1C. The summed E-state index contributed by atoms with van der Waals surface area (Å²) in [4.78, 5) is 0. The second-order valence-corrected chi connectivity index (χ2v) is 5.40. The van der Waals surface area contributed by atoms with E-state index in [1.807, 2.05) is 32.0 Å². The van der Waals surface area contributed by atoms with Crippen LogP contribution in [-0.4, -0.2) is 17.9 Å². The number of rotatable bonds is 5. The average Bonchev–Trinajstić information content (AvgIpc) is 2.53. The van der Waals surface area contributed by atoms with Gasteiger partial charge >= 0.3 is 6.61 Å². The van der Waals surface area contributed by atoms with Gasteiger partial charge in [0.2, 0.25) is 0 Å². The van der Waals surface area contributed by atoms with Gasteiger partial charge in [0.25, 0.3) is 0 Å². The van der Waals surface area contributed by atoms with Crippen LogP contribution in [0.1, 0.15) is 16.7 Å². The second kappa shape index (κ2) is 8.35. The summed E-state index contributed by atoms with van der Waals surface area (Å²) in [5.74, 6) is 0.0476. The van der Waals surface area contributed by atoms with Gasteiger partial charge in [-0.1, -0.05) is 24.3 Å². The summed E-state index contributed by atoms with van der Waals surface area (Å²) in [5, 5.41) is 7.29. The highest BCUT2D eigenvalue weighted by Gasteiger charge is 2.07. The van der Waals surface area contributed by atoms with Crippen LogP contribution in [0.5, 0.6) is 5.75 Å². The van der Waals surface area contributed by atoms with Gasteiger partial charge in [-0.05, 0) is 55.4 Å². The maximum atomic E-state index is 12.4. The lowest BCUT2D eigenvalue weighted by Crippen LogP contribution is -2.24. The number of hydrogen-bond acceptors (Lipinski definition) is 3. The third-order valence-corrected chi connectivity index (χ3v) is 3.55. The number of anilines is 1. The number of halogens is 2. The second-order valence-electron chi connectivity index (χ2n) is 4.99. The maximum Gasteiger partial charge on any atom is 0.387 e. The molecule has 2 aromatic carbocycles. The minimum atomic E-state index is -2.89. The highest BCUT2D eigenvalue weighted by molar-refractivity contribution is 7.80. The number of alkyl halides is 2. The van der Waals surface area contributed by atoms with Crippen LogP contribution in [0.15, 0.2) is 47.6 Å². The Kier molecular flexibility index (Phi) is 6.20. The molecule has 0 heterocycles. The Morgan fingerprint density at radius 3 is 2.67 bits per heavy atom. The molecule has 0 atom stereocenters. The summed E-state index contributed by atoms with van der Waals surface area (Å²) in [6.07, 6.45) is 1.37. The highest BCUT2D eigenvalue weighted by atomic mass is 32.1. The molecule has 7 heteroatoms. The fourth-order valence-electron chi connectivity index (χ4n) is 1.99. The third kappa shape index (κ3) is 4.99. The molecule has 0 saturated heterocycles. The summed E-state index contributed by atoms with van der Waals surface area (Å²) in [7, 11) is 0. The van der Waals surface area contributed by atoms with Crippen molar-refractivity contribution in [1.82, 2.24) is 5.43 Å². The monoisotopic (exact) mass is 349 g/mol. The first-order valence-corrected chi connectivity index (χ1v) is 7.58. The van der Waals surface area contributed by atoms with Crippen molar-refractivity contribution in [3.8, 4) is 5.75 Å². The molecule has 2 rings (SSSR count). The molecule has 0 aliphatic heterocycles. The van der Waals surface area contributed by atoms with Crippen LogP contribution < -0.4 is 15.5 Å². The summed E-state index contributed by atoms with van der Waals surface area (Å²) < 4.78 is 29.1. The Bertz CT molecular complexity index is 750. The number of nitrogens with zero attached hydrogens (tertiary/aromatic N) is 1. The molecule has 0 amide bonds. The molecule has 0 aliphatic carbocycles. The molecule has 0 aromatic heterocycles. The number of ether oxygens (including phenoxy) is 1. The van der Waals surface area contributed by atoms with Crippen molar-refractivity contribution in [3.63, 3.8) is 0 Å². The third-order valence-electron chi connectivity index (χ3n) is 3.36. The largest absolute Gasteiger partial charge is 0.434 e. The van der Waals surface area contributed by atoms with Gasteiger partial charge in [-0.3, -0.25) is 5.43 Å². The van der Waals surface area contributed by atoms with E-state index in [4.69, 9.17) is 12.2 Å². The zero-order valence-electron chi connectivity index (χ0n) is 13.2. The van der Waals surface area contributed by atoms with Gasteiger partial charge in [0, 0.05) is 11.3 Å². The molecular weight excluding hydrogens is 332 g/mol. The van der Waals surface area contributed by atoms with E-state index in [9.17, 15) is 8.78 Å². The molecule has 2 N–H and O–H groups in total. The molecule has 0 fully saturated rings. The Balaban J connectivity index is 1.99. The van der Waals surface area contributed by atoms with Gasteiger partial charge in [0.1, 0.15) is 5.75 Å². The Hall–Kier alpha value is -2.54. The van der Waals surface area contributed by atoms with Crippen LogP contribution in [0.4, 0.5) is 14.5 Å². The average molecular weight is 349 g/mol. The smallest absolute Gasteiger partial charge is 0.387 e. The predicted molar refractivity (Wildman–Crippen MR) is 95.9 cm³/mol. The van der Waals surface area contributed by atoms with Crippen molar-refractivity contribution in [2.24, 2.45) is 5.10 Å². The van der Waals surface area contributed by atoms with E-state index in [0.29, 0.717) is 10.7 Å². The van der Waals surface area contributed by atoms with Gasteiger partial charge in [0.15, 0.2) is 5.11 Å². The Labute approximate surface area is 144 Å². The molecule has 24 heavy (non-hydrogen) atoms. The first-order valence-electron chi connectivity index (χ1n) is 7.17. The zero-order valence-corrected chi connectivity index (χ0v) is 14.0. The van der Waals surface area contributed by atoms with Crippen LogP contribution in [0.25, 0.3) is 0 Å². The summed E-state index contributed by atoms with van der Waals surface area (Å²) in [6, 6.07) is 12.2. The molecule has 0 saturated carbocycles. The lowest BCUT2D eigenvalue weighted by molar-refractivity contribution is -0.0499. The van der Waals surface area contributed by atoms with E-state index in [-0.39, 0.29) is 5.75 Å². The van der Waals surface area contributed by atoms with E-state index >= 15 is 0 Å². The van der Waals surface area contributed by atoms with Crippen molar-refractivity contribution in [3.05, 3.63) is 59.2 Å². The molecule has 0 radical (unpaired) electrons. The minimum Gasteiger partial charge on any atom is -0.434 e. The standard InChI is InChI=1S/C17H17F2N3OS/c1-11-6-5-8-14(12(11)2)21-17(24)22-20-10-13-7-3-4-9-15(13)23-16(18)19/h3-10,16H,1-2H3,(H2,21,22,24). The highest BCUT2D eigenvalue weighted by Crippen LogP contribution is 2.19. The molecular formula is C17H17F2N3OS. The molecule has 0 spiro atoms. The first-order chi connectivity index (χ1) is 11.5. The van der Waals surface area contributed by atoms with E-state index in [0.717, 1.165) is 16.8 Å². The topological polar surface area (TPSA) is 45.7 Å². The van der Waals surface area contributed by atoms with Crippen LogP contribution in [0.3, 0.4) is 0 Å². The van der Waals surface area contributed by atoms with Gasteiger partial charge in [-0.25, -0.2) is 0 Å². The molecule has 4 nitrogen and oxygen atoms in total. The number of thiocarbonyl (C=S) groups is 1. The van der Waals surface area contributed by atoms with Crippen molar-refractivity contribution in [2.45, 2.75) is 20.5 Å². The van der Waals surface area contributed by atoms with Gasteiger partial charge < -0.3 is 10.1 Å². The number of para-hydroxylation sites is 1. The first kappa shape index (κ1) is 17.8. The Morgan fingerprint density at radius 2 is 1.92 bits per heavy atom. The zero-order chi connectivity index (χ0) is 17.5. The maximum absolute atomic E-state index is 12.4. The number of hydrazone groups is 1. The van der Waals surface area contributed by atoms with E-state index in [1.54, 1.807) is 18.2 Å². The van der Waals surface area contributed by atoms with E-state index in [2.05, 4.69) is 20.6 Å². The van der Waals surface area contributed by atoms with Crippen molar-refractivity contribution >= 4 is 29.2 Å². The number of aryl methyl sites for hydroxylation is 1. The molecule has 2 aromatic rings. The number of nitrogens with one attached hydrogen (secondary N) is 2. The number of hydrogen-bond donors (Lipinski definition) is 2. The predicted octanol–water partition coefficient (Wildman–Crippen LogP) is 4.23. The molecule has 126 valence electrons. The molecule has 0 aliphatic rings. The van der Waals surface area contributed by atoms with Gasteiger partial charge in [0.05, 0.1) is 6.21 Å². The van der Waals surface area contributed by atoms with Gasteiger partial charge in [-0.2, -0.15) is 13.9 Å². The lowest BCUT2D eigenvalue weighted by Gasteiger charge is -2.11. The molecule has 0 bridgehead atoms. The number of benzene rings is 2. The summed E-state index contributed by atoms with van der Waals surface area (Å²) in [6.45, 7) is 1.11. The van der Waals surface area contributed by atoms with Crippen molar-refractivity contribution < 1.29 is 13.5 Å². The fraction of sp³-hybridized carbons (Fsp3) is 0.176.